The van der Waals surface area contributed by atoms with Crippen molar-refractivity contribution in [2.24, 2.45) is 10.2 Å². The molecule has 1 N–H and O–H groups in total. The van der Waals surface area contributed by atoms with E-state index in [9.17, 15) is 4.79 Å². The Morgan fingerprint density at radius 1 is 0.839 bits per heavy atom. The van der Waals surface area contributed by atoms with Crippen LogP contribution in [0.1, 0.15) is 20.8 Å². The van der Waals surface area contributed by atoms with Crippen LogP contribution in [0.3, 0.4) is 0 Å². The molecule has 0 fully saturated rings. The van der Waals surface area contributed by atoms with E-state index in [1.165, 1.54) is 0 Å². The van der Waals surface area contributed by atoms with Crippen LogP contribution in [0, 0.1) is 0 Å². The first-order valence-electron chi connectivity index (χ1n) is 9.97. The molecule has 0 aromatic carbocycles. The number of hydrogen-bond acceptors (Lipinski definition) is 9. The number of carbonyl (C=O) groups is 1. The molecule has 0 aliphatic rings. The zero-order valence-corrected chi connectivity index (χ0v) is 18.6. The Labute approximate surface area is 182 Å². The van der Waals surface area contributed by atoms with Crippen LogP contribution in [-0.2, 0) is 23.8 Å². The molecule has 178 valence electrons. The number of amides is 1. The van der Waals surface area contributed by atoms with Gasteiger partial charge in [0.2, 0.25) is 0 Å². The summed E-state index contributed by atoms with van der Waals surface area (Å²) >= 11 is 0. The highest BCUT2D eigenvalue weighted by Crippen LogP contribution is 2.06. The molecule has 0 saturated carbocycles. The number of nitrogens with zero attached hydrogens (tertiary/aromatic N) is 7. The van der Waals surface area contributed by atoms with E-state index in [4.69, 9.17) is 34.8 Å². The van der Waals surface area contributed by atoms with Gasteiger partial charge in [-0.3, -0.25) is 9.74 Å². The fourth-order valence-corrected chi connectivity index (χ4v) is 2.03. The number of nitrogens with one attached hydrogen (secondary N) is 1. The van der Waals surface area contributed by atoms with Crippen LogP contribution in [0.15, 0.2) is 10.2 Å². The molecule has 0 heterocycles. The highest BCUT2D eigenvalue weighted by molar-refractivity contribution is 5.66. The van der Waals surface area contributed by atoms with Crippen LogP contribution in [0.25, 0.3) is 20.9 Å². The minimum Gasteiger partial charge on any atom is -0.442 e. The molecule has 0 bridgehead atoms. The second-order valence-corrected chi connectivity index (χ2v) is 7.04. The molecular formula is C17H34N8O6. The standard InChI is InChI=1S/C17H34N8O6/c1-17(2,3)31-16(26)22-30-15-14-29-13-8-25(6-11-27-9-4-20-23-18)7-12-28-10-5-21-24-19/h4-15H2,1-3H3,(H,22,26). The second-order valence-electron chi connectivity index (χ2n) is 7.04. The summed E-state index contributed by atoms with van der Waals surface area (Å²) in [6.07, 6.45) is -0.653. The van der Waals surface area contributed by atoms with Crippen LogP contribution in [0.4, 0.5) is 4.79 Å². The van der Waals surface area contributed by atoms with Crippen molar-refractivity contribution in [3.8, 4) is 0 Å². The van der Waals surface area contributed by atoms with Gasteiger partial charge in [-0.05, 0) is 31.8 Å². The Morgan fingerprint density at radius 3 is 1.77 bits per heavy atom. The van der Waals surface area contributed by atoms with Crippen molar-refractivity contribution >= 4 is 6.09 Å². The van der Waals surface area contributed by atoms with Gasteiger partial charge in [0, 0.05) is 42.5 Å². The minimum atomic E-state index is -0.653. The highest BCUT2D eigenvalue weighted by Gasteiger charge is 2.15. The van der Waals surface area contributed by atoms with Crippen LogP contribution < -0.4 is 5.48 Å². The average molecular weight is 447 g/mol. The third kappa shape index (κ3) is 22.2. The van der Waals surface area contributed by atoms with Gasteiger partial charge in [-0.25, -0.2) is 4.79 Å². The van der Waals surface area contributed by atoms with Crippen molar-refractivity contribution in [3.05, 3.63) is 20.9 Å². The van der Waals surface area contributed by atoms with Gasteiger partial charge in [0.1, 0.15) is 5.60 Å². The third-order valence-corrected chi connectivity index (χ3v) is 3.34. The van der Waals surface area contributed by atoms with E-state index in [1.807, 2.05) is 0 Å². The van der Waals surface area contributed by atoms with Gasteiger partial charge in [0.05, 0.1) is 46.2 Å². The first-order valence-corrected chi connectivity index (χ1v) is 9.97. The van der Waals surface area contributed by atoms with E-state index in [-0.39, 0.29) is 6.61 Å². The molecule has 0 unspecified atom stereocenters. The molecule has 0 radical (unpaired) electrons. The Hall–Kier alpha value is -2.31. The van der Waals surface area contributed by atoms with E-state index >= 15 is 0 Å². The van der Waals surface area contributed by atoms with Crippen LogP contribution >= 0.6 is 0 Å². The largest absolute Gasteiger partial charge is 0.442 e. The van der Waals surface area contributed by atoms with Gasteiger partial charge in [-0.2, -0.15) is 5.48 Å². The van der Waals surface area contributed by atoms with Crippen molar-refractivity contribution in [1.29, 1.82) is 0 Å². The van der Waals surface area contributed by atoms with E-state index in [2.05, 4.69) is 30.4 Å². The number of carbonyl (C=O) groups excluding carboxylic acids is 1. The minimum absolute atomic E-state index is 0.185. The van der Waals surface area contributed by atoms with E-state index in [0.29, 0.717) is 72.4 Å². The van der Waals surface area contributed by atoms with E-state index in [1.54, 1.807) is 20.8 Å². The van der Waals surface area contributed by atoms with Crippen molar-refractivity contribution in [2.45, 2.75) is 26.4 Å². The third-order valence-electron chi connectivity index (χ3n) is 3.34. The molecule has 0 aliphatic heterocycles. The van der Waals surface area contributed by atoms with Gasteiger partial charge in [-0.15, -0.1) is 0 Å². The first-order chi connectivity index (χ1) is 14.9. The average Bonchev–Trinajstić information content (AvgIpc) is 2.70. The molecule has 0 aromatic heterocycles. The zero-order valence-electron chi connectivity index (χ0n) is 18.6. The summed E-state index contributed by atoms with van der Waals surface area (Å²) in [5, 5.41) is 6.82. The lowest BCUT2D eigenvalue weighted by atomic mass is 10.2. The summed E-state index contributed by atoms with van der Waals surface area (Å²) in [6, 6.07) is 0. The fourth-order valence-electron chi connectivity index (χ4n) is 2.03. The lowest BCUT2D eigenvalue weighted by Crippen LogP contribution is -2.35. The monoisotopic (exact) mass is 446 g/mol. The highest BCUT2D eigenvalue weighted by atomic mass is 16.7. The number of hydroxylamine groups is 1. The van der Waals surface area contributed by atoms with Crippen molar-refractivity contribution in [2.75, 3.05) is 79.0 Å². The maximum Gasteiger partial charge on any atom is 0.431 e. The zero-order chi connectivity index (χ0) is 23.2. The summed E-state index contributed by atoms with van der Waals surface area (Å²) in [4.78, 5) is 23.9. The summed E-state index contributed by atoms with van der Waals surface area (Å²) in [6.45, 7) is 10.4. The molecule has 0 spiro atoms. The molecule has 0 aromatic rings. The first kappa shape index (κ1) is 28.7. The predicted molar refractivity (Wildman–Crippen MR) is 112 cm³/mol. The summed E-state index contributed by atoms with van der Waals surface area (Å²) in [7, 11) is 0. The molecule has 14 nitrogen and oxygen atoms in total. The molecule has 14 heteroatoms. The molecule has 1 amide bonds. The summed E-state index contributed by atoms with van der Waals surface area (Å²) < 4.78 is 21.4. The topological polar surface area (TPSA) is 176 Å². The van der Waals surface area contributed by atoms with Gasteiger partial charge < -0.3 is 18.9 Å². The summed E-state index contributed by atoms with van der Waals surface area (Å²) in [5.74, 6) is 0. The maximum absolute atomic E-state index is 11.4. The smallest absolute Gasteiger partial charge is 0.431 e. The molecule has 31 heavy (non-hydrogen) atoms. The van der Waals surface area contributed by atoms with Crippen molar-refractivity contribution in [1.82, 2.24) is 10.4 Å². The lowest BCUT2D eigenvalue weighted by molar-refractivity contribution is -0.0286. The lowest BCUT2D eigenvalue weighted by Gasteiger charge is -2.22. The Bertz CT molecular complexity index is 533. The number of azide groups is 2. The maximum atomic E-state index is 11.4. The van der Waals surface area contributed by atoms with Crippen LogP contribution in [-0.4, -0.2) is 95.6 Å². The van der Waals surface area contributed by atoms with Gasteiger partial charge in [0.15, 0.2) is 0 Å². The van der Waals surface area contributed by atoms with Crippen LogP contribution in [0.5, 0.6) is 0 Å². The van der Waals surface area contributed by atoms with Gasteiger partial charge in [0.25, 0.3) is 0 Å². The number of hydrogen-bond donors (Lipinski definition) is 1. The van der Waals surface area contributed by atoms with Crippen molar-refractivity contribution < 1.29 is 28.6 Å². The van der Waals surface area contributed by atoms with E-state index in [0.717, 1.165) is 0 Å². The summed E-state index contributed by atoms with van der Waals surface area (Å²) in [5.41, 5.74) is 18.1. The SMILES string of the molecule is CC(C)(C)OC(=O)NOCCOCCN(CCOCCN=[N+]=[N-])CCOCCN=[N+]=[N-]. The van der Waals surface area contributed by atoms with E-state index < -0.39 is 11.7 Å². The molecule has 0 rings (SSSR count). The molecule has 0 saturated heterocycles. The van der Waals surface area contributed by atoms with Gasteiger partial charge >= 0.3 is 6.09 Å². The van der Waals surface area contributed by atoms with Gasteiger partial charge in [-0.1, -0.05) is 10.2 Å². The predicted octanol–water partition coefficient (Wildman–Crippen LogP) is 2.42. The Kier molecular flexibility index (Phi) is 18.2. The second kappa shape index (κ2) is 19.6. The molecular weight excluding hydrogens is 412 g/mol. The fraction of sp³-hybridized carbons (Fsp3) is 0.941. The number of ether oxygens (including phenoxy) is 4. The molecule has 0 aliphatic carbocycles. The number of rotatable bonds is 19. The van der Waals surface area contributed by atoms with Crippen molar-refractivity contribution in [3.63, 3.8) is 0 Å². The Morgan fingerprint density at radius 2 is 1.32 bits per heavy atom. The van der Waals surface area contributed by atoms with Crippen LogP contribution in [0.2, 0.25) is 0 Å². The molecule has 0 atom stereocenters. The Balaban J connectivity index is 3.97. The quantitative estimate of drug-likeness (QED) is 0.104. The normalized spacial score (nSPS) is 11.0.